The number of nitrogen functional groups attached to an aromatic ring is 2. The van der Waals surface area contributed by atoms with Crippen LogP contribution in [0.15, 0.2) is 15.1 Å². The molecule has 0 radical (unpaired) electrons. The number of nitrogens with two attached hydrogens (primary N) is 2. The average Bonchev–Trinajstić information content (AvgIpc) is 2.37. The monoisotopic (exact) mass is 155 g/mol. The molecule has 0 aliphatic rings. The lowest BCUT2D eigenvalue weighted by molar-refractivity contribution is -0.788. The molecule has 6 heteroatoms. The Hall–Kier alpha value is -1.85. The molecule has 0 atom stereocenters. The molecule has 0 bridgehead atoms. The maximum absolute atomic E-state index is 10.5. The summed E-state index contributed by atoms with van der Waals surface area (Å²) >= 11 is 0. The molecule has 2 aromatic heterocycles. The average molecular weight is 155 g/mol. The number of nitrogens with zero attached hydrogens (tertiary/aromatic N) is 1. The summed E-state index contributed by atoms with van der Waals surface area (Å²) in [5, 5.41) is 10.5. The van der Waals surface area contributed by atoms with Crippen molar-refractivity contribution in [2.45, 2.75) is 0 Å². The van der Waals surface area contributed by atoms with Gasteiger partial charge in [0.25, 0.3) is 6.20 Å². The summed E-state index contributed by atoms with van der Waals surface area (Å²) in [5.41, 5.74) is 11.3. The lowest BCUT2D eigenvalue weighted by Crippen LogP contribution is -2.20. The first-order valence-corrected chi connectivity index (χ1v) is 2.85. The molecule has 0 spiro atoms. The Morgan fingerprint density at radius 1 is 1.45 bits per heavy atom. The van der Waals surface area contributed by atoms with E-state index in [2.05, 4.69) is 4.52 Å². The number of furan rings is 1. The van der Waals surface area contributed by atoms with Crippen LogP contribution < -0.4 is 16.4 Å². The van der Waals surface area contributed by atoms with Crippen molar-refractivity contribution in [1.82, 2.24) is 0 Å². The van der Waals surface area contributed by atoms with E-state index >= 15 is 0 Å². The van der Waals surface area contributed by atoms with Gasteiger partial charge < -0.3 is 20.4 Å². The maximum atomic E-state index is 10.5. The van der Waals surface area contributed by atoms with E-state index in [4.69, 9.17) is 15.9 Å². The van der Waals surface area contributed by atoms with Crippen molar-refractivity contribution in [3.8, 4) is 0 Å². The molecule has 58 valence electrons. The van der Waals surface area contributed by atoms with Gasteiger partial charge in [-0.2, -0.15) is 0 Å². The zero-order valence-corrected chi connectivity index (χ0v) is 5.40. The molecule has 0 amide bonds. The van der Waals surface area contributed by atoms with Gasteiger partial charge in [0.2, 0.25) is 11.5 Å². The highest BCUT2D eigenvalue weighted by Gasteiger charge is 2.13. The normalized spacial score (nSPS) is 10.9. The molecule has 0 aromatic carbocycles. The number of hydrogen-bond donors (Lipinski definition) is 2. The van der Waals surface area contributed by atoms with Gasteiger partial charge in [-0.1, -0.05) is 0 Å². The van der Waals surface area contributed by atoms with E-state index in [1.807, 2.05) is 0 Å². The van der Waals surface area contributed by atoms with E-state index in [0.29, 0.717) is 0 Å². The smallest absolute Gasteiger partial charge is 0.277 e. The summed E-state index contributed by atoms with van der Waals surface area (Å²) in [7, 11) is 0. The van der Waals surface area contributed by atoms with Crippen LogP contribution in [-0.2, 0) is 0 Å². The van der Waals surface area contributed by atoms with Gasteiger partial charge in [-0.05, 0) is 0 Å². The predicted octanol–water partition coefficient (Wildman–Crippen LogP) is -0.176. The van der Waals surface area contributed by atoms with E-state index in [0.717, 1.165) is 6.20 Å². The summed E-state index contributed by atoms with van der Waals surface area (Å²) in [4.78, 5) is 0.254. The molecule has 0 aliphatic carbocycles. The molecule has 2 heterocycles. The first-order valence-electron chi connectivity index (χ1n) is 2.85. The first kappa shape index (κ1) is 5.90. The molecule has 6 nitrogen and oxygen atoms in total. The number of anilines is 2. The van der Waals surface area contributed by atoms with Crippen LogP contribution in [0.5, 0.6) is 0 Å². The van der Waals surface area contributed by atoms with Gasteiger partial charge >= 0.3 is 0 Å². The Balaban J connectivity index is 2.88. The quantitative estimate of drug-likeness (QED) is 0.513. The minimum Gasteiger partial charge on any atom is -0.431 e. The fourth-order valence-electron chi connectivity index (χ4n) is 0.856. The summed E-state index contributed by atoms with van der Waals surface area (Å²) in [6, 6.07) is 0. The minimum atomic E-state index is 0.0688. The standard InChI is InChI=1S/C5H5N3O3/c6-3-4-2(10-5(3)7)1-8(9)11-4/h1H,6-7H2. The van der Waals surface area contributed by atoms with Crippen molar-refractivity contribution in [1.29, 1.82) is 0 Å². The van der Waals surface area contributed by atoms with Crippen LogP contribution in [0.4, 0.5) is 11.6 Å². The minimum absolute atomic E-state index is 0.0688. The highest BCUT2D eigenvalue weighted by Crippen LogP contribution is 2.28. The van der Waals surface area contributed by atoms with Gasteiger partial charge in [-0.15, -0.1) is 0 Å². The van der Waals surface area contributed by atoms with Gasteiger partial charge in [0.1, 0.15) is 5.69 Å². The zero-order chi connectivity index (χ0) is 8.01. The number of fused-ring (bicyclic) bond motifs is 1. The van der Waals surface area contributed by atoms with E-state index < -0.39 is 0 Å². The molecule has 11 heavy (non-hydrogen) atoms. The van der Waals surface area contributed by atoms with E-state index in [-0.39, 0.29) is 27.6 Å². The molecular formula is C5H5N3O3. The van der Waals surface area contributed by atoms with Gasteiger partial charge in [0.05, 0.1) is 0 Å². The molecule has 0 saturated carbocycles. The van der Waals surface area contributed by atoms with Gasteiger partial charge in [-0.25, -0.2) is 0 Å². The summed E-state index contributed by atoms with van der Waals surface area (Å²) in [6.07, 6.45) is 1.11. The lowest BCUT2D eigenvalue weighted by atomic mass is 10.4. The number of rotatable bonds is 0. The second kappa shape index (κ2) is 1.60. The molecule has 0 saturated heterocycles. The largest absolute Gasteiger partial charge is 0.431 e. The van der Waals surface area contributed by atoms with Crippen LogP contribution in [0.25, 0.3) is 11.2 Å². The Morgan fingerprint density at radius 3 is 2.82 bits per heavy atom. The van der Waals surface area contributed by atoms with Crippen LogP contribution >= 0.6 is 0 Å². The second-order valence-electron chi connectivity index (χ2n) is 2.08. The van der Waals surface area contributed by atoms with Crippen molar-refractivity contribution in [3.05, 3.63) is 11.4 Å². The highest BCUT2D eigenvalue weighted by atomic mass is 16.7. The topological polar surface area (TPSA) is 105 Å². The van der Waals surface area contributed by atoms with Gasteiger partial charge in [-0.3, -0.25) is 5.21 Å². The lowest BCUT2D eigenvalue weighted by Gasteiger charge is -1.85. The fraction of sp³-hybridized carbons (Fsp3) is 0. The molecule has 0 fully saturated rings. The molecule has 2 aromatic rings. The Morgan fingerprint density at radius 2 is 2.18 bits per heavy atom. The molecule has 0 aliphatic heterocycles. The van der Waals surface area contributed by atoms with E-state index in [9.17, 15) is 5.21 Å². The van der Waals surface area contributed by atoms with Gasteiger partial charge in [0.15, 0.2) is 5.58 Å². The molecule has 2 rings (SSSR count). The van der Waals surface area contributed by atoms with Gasteiger partial charge in [0, 0.05) is 4.90 Å². The third-order valence-corrected chi connectivity index (χ3v) is 1.36. The number of hydrogen-bond acceptors (Lipinski definition) is 5. The van der Waals surface area contributed by atoms with Crippen LogP contribution in [0.2, 0.25) is 0 Å². The molecular weight excluding hydrogens is 150 g/mol. The maximum Gasteiger partial charge on any atom is 0.277 e. The van der Waals surface area contributed by atoms with Crippen molar-refractivity contribution >= 4 is 22.7 Å². The second-order valence-corrected chi connectivity index (χ2v) is 2.08. The third-order valence-electron chi connectivity index (χ3n) is 1.36. The SMILES string of the molecule is Nc1oc2c[n+]([O-])oc2c1N. The zero-order valence-electron chi connectivity index (χ0n) is 5.40. The van der Waals surface area contributed by atoms with Crippen molar-refractivity contribution in [3.63, 3.8) is 0 Å². The van der Waals surface area contributed by atoms with Crippen molar-refractivity contribution < 1.29 is 13.8 Å². The van der Waals surface area contributed by atoms with Crippen LogP contribution in [0.1, 0.15) is 0 Å². The Kier molecular flexibility index (Phi) is 0.857. The predicted molar refractivity (Wildman–Crippen MR) is 36.3 cm³/mol. The molecule has 0 unspecified atom stereocenters. The fourth-order valence-corrected chi connectivity index (χ4v) is 0.856. The van der Waals surface area contributed by atoms with Crippen LogP contribution in [0, 0.1) is 5.21 Å². The van der Waals surface area contributed by atoms with Crippen molar-refractivity contribution in [2.75, 3.05) is 11.5 Å². The van der Waals surface area contributed by atoms with Crippen molar-refractivity contribution in [2.24, 2.45) is 0 Å². The Bertz CT molecular complexity index is 402. The summed E-state index contributed by atoms with van der Waals surface area (Å²) in [5.74, 6) is 0.0688. The van der Waals surface area contributed by atoms with Crippen LogP contribution in [0.3, 0.4) is 0 Å². The first-order chi connectivity index (χ1) is 5.18. The summed E-state index contributed by atoms with van der Waals surface area (Å²) in [6.45, 7) is 0. The van der Waals surface area contributed by atoms with E-state index in [1.165, 1.54) is 0 Å². The summed E-state index contributed by atoms with van der Waals surface area (Å²) < 4.78 is 9.44. The van der Waals surface area contributed by atoms with Crippen LogP contribution in [-0.4, -0.2) is 0 Å². The van der Waals surface area contributed by atoms with E-state index in [1.54, 1.807) is 0 Å². The highest BCUT2D eigenvalue weighted by molar-refractivity contribution is 5.89. The Labute approximate surface area is 60.5 Å². The third kappa shape index (κ3) is 0.628. The number of aromatic nitrogens is 1. The molecule has 4 N–H and O–H groups in total.